The predicted molar refractivity (Wildman–Crippen MR) is 62.0 cm³/mol. The van der Waals surface area contributed by atoms with E-state index in [1.165, 1.54) is 16.8 Å². The Balaban J connectivity index is 2.09. The van der Waals surface area contributed by atoms with Gasteiger partial charge in [-0.05, 0) is 17.2 Å². The van der Waals surface area contributed by atoms with E-state index in [9.17, 15) is 0 Å². The van der Waals surface area contributed by atoms with Gasteiger partial charge < -0.3 is 10.1 Å². The molecule has 0 saturated carbocycles. The maximum Gasteiger partial charge on any atom is 0.0589 e. The third kappa shape index (κ3) is 2.13. The second kappa shape index (κ2) is 4.64. The number of nitrogens with zero attached hydrogens (tertiary/aromatic N) is 1. The first-order valence-corrected chi connectivity index (χ1v) is 5.35. The van der Waals surface area contributed by atoms with Gasteiger partial charge in [0, 0.05) is 39.5 Å². The lowest BCUT2D eigenvalue weighted by Gasteiger charge is -2.13. The Labute approximate surface area is 91.0 Å². The van der Waals surface area contributed by atoms with Crippen molar-refractivity contribution in [3.05, 3.63) is 29.3 Å². The molecule has 0 radical (unpaired) electrons. The zero-order chi connectivity index (χ0) is 10.7. The smallest absolute Gasteiger partial charge is 0.0589 e. The molecular weight excluding hydrogens is 188 g/mol. The van der Waals surface area contributed by atoms with Crippen molar-refractivity contribution >= 4 is 5.69 Å². The van der Waals surface area contributed by atoms with Gasteiger partial charge in [-0.1, -0.05) is 12.1 Å². The molecule has 1 N–H and O–H groups in total. The van der Waals surface area contributed by atoms with Crippen LogP contribution in [0.3, 0.4) is 0 Å². The number of nitrogens with one attached hydrogen (secondary N) is 1. The van der Waals surface area contributed by atoms with Crippen molar-refractivity contribution in [2.24, 2.45) is 0 Å². The summed E-state index contributed by atoms with van der Waals surface area (Å²) in [4.78, 5) is 2.41. The SMILES string of the molecule is CNc1cccc2c1CN(CCOC)C2. The van der Waals surface area contributed by atoms with Crippen LogP contribution in [0.2, 0.25) is 0 Å². The molecule has 0 aliphatic carbocycles. The molecule has 0 fully saturated rings. The highest BCUT2D eigenvalue weighted by Crippen LogP contribution is 2.28. The molecule has 0 spiro atoms. The Kier molecular flexibility index (Phi) is 3.23. The van der Waals surface area contributed by atoms with Gasteiger partial charge in [0.15, 0.2) is 0 Å². The maximum absolute atomic E-state index is 5.10. The van der Waals surface area contributed by atoms with Crippen LogP contribution in [0.5, 0.6) is 0 Å². The zero-order valence-corrected chi connectivity index (χ0v) is 9.42. The van der Waals surface area contributed by atoms with Crippen LogP contribution >= 0.6 is 0 Å². The second-order valence-corrected chi connectivity index (χ2v) is 3.90. The number of fused-ring (bicyclic) bond motifs is 1. The van der Waals surface area contributed by atoms with E-state index in [1.54, 1.807) is 7.11 Å². The van der Waals surface area contributed by atoms with Gasteiger partial charge in [0.25, 0.3) is 0 Å². The Hall–Kier alpha value is -1.06. The van der Waals surface area contributed by atoms with E-state index >= 15 is 0 Å². The monoisotopic (exact) mass is 206 g/mol. The molecule has 1 aliphatic rings. The van der Waals surface area contributed by atoms with Crippen LogP contribution in [0.4, 0.5) is 5.69 Å². The van der Waals surface area contributed by atoms with Gasteiger partial charge in [-0.15, -0.1) is 0 Å². The van der Waals surface area contributed by atoms with Crippen LogP contribution in [0.25, 0.3) is 0 Å². The molecule has 0 unspecified atom stereocenters. The summed E-state index contributed by atoms with van der Waals surface area (Å²) in [7, 11) is 3.73. The summed E-state index contributed by atoms with van der Waals surface area (Å²) in [5.41, 5.74) is 4.14. The van der Waals surface area contributed by atoms with Gasteiger partial charge in [-0.25, -0.2) is 0 Å². The predicted octanol–water partition coefficient (Wildman–Crippen LogP) is 1.69. The molecule has 0 atom stereocenters. The van der Waals surface area contributed by atoms with Crippen molar-refractivity contribution in [3.8, 4) is 0 Å². The van der Waals surface area contributed by atoms with Crippen LogP contribution < -0.4 is 5.32 Å². The molecule has 0 saturated heterocycles. The van der Waals surface area contributed by atoms with Crippen molar-refractivity contribution in [2.75, 3.05) is 32.6 Å². The first kappa shape index (κ1) is 10.5. The quantitative estimate of drug-likeness (QED) is 0.811. The maximum atomic E-state index is 5.10. The normalized spacial score (nSPS) is 15.3. The lowest BCUT2D eigenvalue weighted by molar-refractivity contribution is 0.148. The van der Waals surface area contributed by atoms with Crippen molar-refractivity contribution in [1.82, 2.24) is 4.90 Å². The summed E-state index contributed by atoms with van der Waals surface area (Å²) in [6.45, 7) is 3.90. The van der Waals surface area contributed by atoms with E-state index in [-0.39, 0.29) is 0 Å². The molecule has 82 valence electrons. The highest BCUT2D eigenvalue weighted by molar-refractivity contribution is 5.55. The minimum Gasteiger partial charge on any atom is -0.388 e. The Bertz CT molecular complexity index is 338. The van der Waals surface area contributed by atoms with Crippen LogP contribution in [-0.4, -0.2) is 32.2 Å². The van der Waals surface area contributed by atoms with Gasteiger partial charge in [0.2, 0.25) is 0 Å². The lowest BCUT2D eigenvalue weighted by Crippen LogP contribution is -2.21. The third-order valence-corrected chi connectivity index (χ3v) is 2.93. The molecule has 1 heterocycles. The molecule has 1 aromatic rings. The largest absolute Gasteiger partial charge is 0.388 e. The minimum atomic E-state index is 0.808. The highest BCUT2D eigenvalue weighted by Gasteiger charge is 2.20. The average molecular weight is 206 g/mol. The standard InChI is InChI=1S/C12H18N2O/c1-13-12-5-3-4-10-8-14(6-7-15-2)9-11(10)12/h3-5,13H,6-9H2,1-2H3. The Morgan fingerprint density at radius 2 is 2.27 bits per heavy atom. The van der Waals surface area contributed by atoms with E-state index in [1.807, 2.05) is 7.05 Å². The minimum absolute atomic E-state index is 0.808. The van der Waals surface area contributed by atoms with Gasteiger partial charge in [-0.3, -0.25) is 4.90 Å². The molecule has 1 aromatic carbocycles. The summed E-state index contributed by atoms with van der Waals surface area (Å²) >= 11 is 0. The molecular formula is C12H18N2O. The summed E-state index contributed by atoms with van der Waals surface area (Å²) in [5, 5.41) is 3.25. The number of rotatable bonds is 4. The number of methoxy groups -OCH3 is 1. The second-order valence-electron chi connectivity index (χ2n) is 3.90. The Morgan fingerprint density at radius 3 is 3.00 bits per heavy atom. The zero-order valence-electron chi connectivity index (χ0n) is 9.42. The van der Waals surface area contributed by atoms with Gasteiger partial charge >= 0.3 is 0 Å². The van der Waals surface area contributed by atoms with Crippen LogP contribution in [0.15, 0.2) is 18.2 Å². The third-order valence-electron chi connectivity index (χ3n) is 2.93. The molecule has 2 rings (SSSR count). The van der Waals surface area contributed by atoms with Gasteiger partial charge in [0.05, 0.1) is 6.61 Å². The summed E-state index contributed by atoms with van der Waals surface area (Å²) in [6, 6.07) is 6.46. The summed E-state index contributed by atoms with van der Waals surface area (Å²) < 4.78 is 5.10. The van der Waals surface area contributed by atoms with Crippen molar-refractivity contribution in [1.29, 1.82) is 0 Å². The molecule has 15 heavy (non-hydrogen) atoms. The molecule has 3 nitrogen and oxygen atoms in total. The van der Waals surface area contributed by atoms with Crippen LogP contribution in [0.1, 0.15) is 11.1 Å². The number of benzene rings is 1. The van der Waals surface area contributed by atoms with Crippen molar-refractivity contribution in [3.63, 3.8) is 0 Å². The number of ether oxygens (including phenoxy) is 1. The van der Waals surface area contributed by atoms with E-state index in [0.29, 0.717) is 0 Å². The summed E-state index contributed by atoms with van der Waals surface area (Å²) in [5.74, 6) is 0. The van der Waals surface area contributed by atoms with Crippen LogP contribution in [-0.2, 0) is 17.8 Å². The van der Waals surface area contributed by atoms with Gasteiger partial charge in [0.1, 0.15) is 0 Å². The van der Waals surface area contributed by atoms with Gasteiger partial charge in [-0.2, -0.15) is 0 Å². The number of hydrogen-bond donors (Lipinski definition) is 1. The van der Waals surface area contributed by atoms with E-state index < -0.39 is 0 Å². The molecule has 3 heteroatoms. The van der Waals surface area contributed by atoms with Crippen LogP contribution in [0, 0.1) is 0 Å². The highest BCUT2D eigenvalue weighted by atomic mass is 16.5. The average Bonchev–Trinajstić information content (AvgIpc) is 2.68. The fraction of sp³-hybridized carbons (Fsp3) is 0.500. The fourth-order valence-corrected chi connectivity index (χ4v) is 2.10. The van der Waals surface area contributed by atoms with Crippen molar-refractivity contribution in [2.45, 2.75) is 13.1 Å². The first-order chi connectivity index (χ1) is 7.35. The van der Waals surface area contributed by atoms with Crippen molar-refractivity contribution < 1.29 is 4.74 Å². The van der Waals surface area contributed by atoms with E-state index in [2.05, 4.69) is 28.4 Å². The molecule has 0 bridgehead atoms. The van der Waals surface area contributed by atoms with E-state index in [0.717, 1.165) is 26.2 Å². The van der Waals surface area contributed by atoms with E-state index in [4.69, 9.17) is 4.74 Å². The topological polar surface area (TPSA) is 24.5 Å². The number of anilines is 1. The Morgan fingerprint density at radius 1 is 1.40 bits per heavy atom. The molecule has 0 amide bonds. The molecule has 1 aliphatic heterocycles. The number of hydrogen-bond acceptors (Lipinski definition) is 3. The summed E-state index contributed by atoms with van der Waals surface area (Å²) in [6.07, 6.45) is 0. The fourth-order valence-electron chi connectivity index (χ4n) is 2.10. The lowest BCUT2D eigenvalue weighted by atomic mass is 10.1. The first-order valence-electron chi connectivity index (χ1n) is 5.35. The molecule has 0 aromatic heterocycles.